The summed E-state index contributed by atoms with van der Waals surface area (Å²) in [5.74, 6) is 0.433. The first-order valence-corrected chi connectivity index (χ1v) is 13.2. The molecule has 192 valence electrons. The maximum Gasteiger partial charge on any atom is 0.337 e. The van der Waals surface area contributed by atoms with E-state index < -0.39 is 6.29 Å². The van der Waals surface area contributed by atoms with Crippen molar-refractivity contribution < 1.29 is 14.4 Å². The Morgan fingerprint density at radius 1 is 1.14 bits per heavy atom. The Labute approximate surface area is 213 Å². The zero-order valence-corrected chi connectivity index (χ0v) is 21.9. The molecule has 1 aromatic carbocycles. The van der Waals surface area contributed by atoms with E-state index in [1.807, 2.05) is 28.0 Å². The number of carbonyl (C=O) groups excluding carboxylic acids is 3. The number of urea groups is 1. The molecule has 4 rings (SSSR count). The molecule has 1 aromatic rings. The van der Waals surface area contributed by atoms with Crippen LogP contribution in [0, 0.1) is 23.7 Å². The minimum Gasteiger partial charge on any atom is -0.356 e. The third-order valence-corrected chi connectivity index (χ3v) is 7.71. The van der Waals surface area contributed by atoms with Crippen LogP contribution in [0.15, 0.2) is 24.3 Å². The van der Waals surface area contributed by atoms with Crippen LogP contribution in [0.3, 0.4) is 0 Å². The molecule has 1 aliphatic carbocycles. The Balaban J connectivity index is 1.58. The smallest absolute Gasteiger partial charge is 0.337 e. The summed E-state index contributed by atoms with van der Waals surface area (Å²) in [4.78, 5) is 43.8. The molecule has 0 spiro atoms. The number of nitrogens with one attached hydrogen (secondary N) is 2. The molecular formula is C26H38ClN5O3. The summed E-state index contributed by atoms with van der Waals surface area (Å²) in [6, 6.07) is 6.98. The number of halogens is 1. The lowest BCUT2D eigenvalue weighted by Gasteiger charge is -2.50. The number of hydrazine groups is 1. The Kier molecular flexibility index (Phi) is 7.91. The molecular weight excluding hydrogens is 466 g/mol. The first-order chi connectivity index (χ1) is 16.7. The molecule has 8 nitrogen and oxygen atoms in total. The highest BCUT2D eigenvalue weighted by atomic mass is 35.5. The Morgan fingerprint density at radius 2 is 1.89 bits per heavy atom. The topological polar surface area (TPSA) is 85.0 Å². The molecule has 2 aliphatic heterocycles. The van der Waals surface area contributed by atoms with E-state index in [0.29, 0.717) is 55.8 Å². The minimum atomic E-state index is -0.546. The van der Waals surface area contributed by atoms with E-state index >= 15 is 0 Å². The van der Waals surface area contributed by atoms with Gasteiger partial charge < -0.3 is 10.2 Å². The summed E-state index contributed by atoms with van der Waals surface area (Å²) in [6.45, 7) is 9.90. The summed E-state index contributed by atoms with van der Waals surface area (Å²) >= 11 is 6.37. The highest BCUT2D eigenvalue weighted by Gasteiger charge is 2.55. The van der Waals surface area contributed by atoms with Crippen LogP contribution >= 0.6 is 11.6 Å². The van der Waals surface area contributed by atoms with Crippen LogP contribution in [0.2, 0.25) is 5.02 Å². The molecule has 4 amide bonds. The second kappa shape index (κ2) is 10.7. The van der Waals surface area contributed by atoms with Crippen LogP contribution < -0.4 is 10.7 Å². The molecule has 2 saturated heterocycles. The van der Waals surface area contributed by atoms with Gasteiger partial charge in [-0.05, 0) is 49.1 Å². The molecule has 4 atom stereocenters. The Morgan fingerprint density at radius 3 is 2.57 bits per heavy atom. The number of hydrogen-bond donors (Lipinski definition) is 2. The van der Waals surface area contributed by atoms with Crippen molar-refractivity contribution in [3.8, 4) is 0 Å². The van der Waals surface area contributed by atoms with Crippen molar-refractivity contribution in [3.63, 3.8) is 0 Å². The Bertz CT molecular complexity index is 955. The van der Waals surface area contributed by atoms with Crippen LogP contribution in [0.25, 0.3) is 0 Å². The summed E-state index contributed by atoms with van der Waals surface area (Å²) in [7, 11) is 0. The van der Waals surface area contributed by atoms with E-state index in [4.69, 9.17) is 11.6 Å². The van der Waals surface area contributed by atoms with Gasteiger partial charge >= 0.3 is 6.03 Å². The van der Waals surface area contributed by atoms with Gasteiger partial charge in [-0.15, -0.1) is 0 Å². The molecule has 2 heterocycles. The lowest BCUT2D eigenvalue weighted by atomic mass is 9.75. The van der Waals surface area contributed by atoms with Crippen molar-refractivity contribution in [2.45, 2.75) is 72.3 Å². The average Bonchev–Trinajstić information content (AvgIpc) is 3.14. The van der Waals surface area contributed by atoms with Gasteiger partial charge in [-0.2, -0.15) is 5.43 Å². The van der Waals surface area contributed by atoms with Gasteiger partial charge in [0.25, 0.3) is 0 Å². The van der Waals surface area contributed by atoms with E-state index in [-0.39, 0.29) is 35.7 Å². The number of nitrogens with zero attached hydrogens (tertiary/aromatic N) is 3. The van der Waals surface area contributed by atoms with Crippen molar-refractivity contribution >= 4 is 29.4 Å². The van der Waals surface area contributed by atoms with Gasteiger partial charge in [-0.1, -0.05) is 57.5 Å². The highest BCUT2D eigenvalue weighted by Crippen LogP contribution is 2.41. The van der Waals surface area contributed by atoms with E-state index in [0.717, 1.165) is 12.0 Å². The predicted octanol–water partition coefficient (Wildman–Crippen LogP) is 3.81. The molecule has 1 saturated carbocycles. The van der Waals surface area contributed by atoms with E-state index in [2.05, 4.69) is 38.4 Å². The second-order valence-corrected chi connectivity index (χ2v) is 11.3. The van der Waals surface area contributed by atoms with Crippen molar-refractivity contribution in [1.82, 2.24) is 25.6 Å². The quantitative estimate of drug-likeness (QED) is 0.565. The van der Waals surface area contributed by atoms with Crippen LogP contribution in [-0.4, -0.2) is 58.1 Å². The maximum absolute atomic E-state index is 13.7. The third kappa shape index (κ3) is 5.43. The average molecular weight is 504 g/mol. The van der Waals surface area contributed by atoms with Crippen molar-refractivity contribution in [3.05, 3.63) is 34.9 Å². The molecule has 3 aliphatic rings. The number of amides is 4. The van der Waals surface area contributed by atoms with E-state index in [1.165, 1.54) is 0 Å². The number of hydrogen-bond acceptors (Lipinski definition) is 4. The number of carbonyl (C=O) groups is 3. The Hall–Kier alpha value is -2.32. The van der Waals surface area contributed by atoms with Gasteiger partial charge in [0, 0.05) is 30.1 Å². The van der Waals surface area contributed by atoms with E-state index in [1.54, 1.807) is 11.1 Å². The van der Waals surface area contributed by atoms with Crippen molar-refractivity contribution in [2.24, 2.45) is 23.7 Å². The lowest BCUT2D eigenvalue weighted by molar-refractivity contribution is -0.159. The second-order valence-electron chi connectivity index (χ2n) is 10.9. The molecule has 3 fully saturated rings. The lowest BCUT2D eigenvalue weighted by Crippen LogP contribution is -2.67. The van der Waals surface area contributed by atoms with Crippen LogP contribution in [0.1, 0.15) is 58.9 Å². The van der Waals surface area contributed by atoms with Crippen LogP contribution in [0.4, 0.5) is 4.79 Å². The number of rotatable bonds is 8. The fourth-order valence-corrected chi connectivity index (χ4v) is 5.54. The van der Waals surface area contributed by atoms with Gasteiger partial charge in [0.05, 0.1) is 12.5 Å². The van der Waals surface area contributed by atoms with Gasteiger partial charge in [0.1, 0.15) is 0 Å². The molecule has 0 bridgehead atoms. The summed E-state index contributed by atoms with van der Waals surface area (Å²) in [5, 5.41) is 5.20. The largest absolute Gasteiger partial charge is 0.356 e. The van der Waals surface area contributed by atoms with Crippen LogP contribution in [0.5, 0.6) is 0 Å². The normalized spacial score (nSPS) is 26.4. The molecule has 2 N–H and O–H groups in total. The predicted molar refractivity (Wildman–Crippen MR) is 135 cm³/mol. The standard InChI is InChI=1S/C26H38ClN5O3/c1-16(2)11-12-30-24(34)20-10-9-18(23(33)28-14-17(3)4)13-22(20)32-25(30)29-31(26(32)35)15-19-7-5-6-8-21(19)27/h5-8,16-18,20,22,25,29H,9-15H2,1-4H3,(H,28,33). The zero-order valence-electron chi connectivity index (χ0n) is 21.2. The molecule has 4 unspecified atom stereocenters. The fraction of sp³-hybridized carbons (Fsp3) is 0.654. The number of benzene rings is 1. The minimum absolute atomic E-state index is 0.0240. The molecule has 0 radical (unpaired) electrons. The van der Waals surface area contributed by atoms with Crippen molar-refractivity contribution in [2.75, 3.05) is 13.1 Å². The third-order valence-electron chi connectivity index (χ3n) is 7.34. The molecule has 35 heavy (non-hydrogen) atoms. The summed E-state index contributed by atoms with van der Waals surface area (Å²) in [6.07, 6.45) is 2.09. The van der Waals surface area contributed by atoms with Gasteiger partial charge in [0.2, 0.25) is 11.8 Å². The van der Waals surface area contributed by atoms with Crippen molar-refractivity contribution in [1.29, 1.82) is 0 Å². The van der Waals surface area contributed by atoms with E-state index in [9.17, 15) is 14.4 Å². The van der Waals surface area contributed by atoms with Crippen LogP contribution in [-0.2, 0) is 16.1 Å². The van der Waals surface area contributed by atoms with Gasteiger partial charge in [-0.3, -0.25) is 19.5 Å². The van der Waals surface area contributed by atoms with Gasteiger partial charge in [0.15, 0.2) is 6.29 Å². The highest BCUT2D eigenvalue weighted by molar-refractivity contribution is 6.31. The summed E-state index contributed by atoms with van der Waals surface area (Å²) < 4.78 is 0. The molecule has 0 aromatic heterocycles. The first-order valence-electron chi connectivity index (χ1n) is 12.8. The first kappa shape index (κ1) is 25.8. The maximum atomic E-state index is 13.7. The zero-order chi connectivity index (χ0) is 25.3. The monoisotopic (exact) mass is 503 g/mol. The number of fused-ring (bicyclic) bond motifs is 3. The SMILES string of the molecule is CC(C)CCN1C(=O)C2CCC(C(=O)NCC(C)C)CC2N2C(=O)N(Cc3ccccc3Cl)NC12. The van der Waals surface area contributed by atoms with Gasteiger partial charge in [-0.25, -0.2) is 4.79 Å². The fourth-order valence-electron chi connectivity index (χ4n) is 5.35. The summed E-state index contributed by atoms with van der Waals surface area (Å²) in [5.41, 5.74) is 4.13. The molecule has 9 heteroatoms.